The van der Waals surface area contributed by atoms with Gasteiger partial charge in [-0.15, -0.1) is 0 Å². The molecule has 0 saturated heterocycles. The fourth-order valence-electron chi connectivity index (χ4n) is 1.64. The van der Waals surface area contributed by atoms with Crippen LogP contribution >= 0.6 is 15.9 Å². The topological polar surface area (TPSA) is 21.3 Å². The second-order valence-corrected chi connectivity index (χ2v) is 6.43. The Bertz CT molecular complexity index is 430. The summed E-state index contributed by atoms with van der Waals surface area (Å²) in [6.45, 7) is 8.01. The molecule has 0 radical (unpaired) electrons. The van der Waals surface area contributed by atoms with Crippen molar-refractivity contribution in [2.24, 2.45) is 0 Å². The normalized spacial score (nSPS) is 12.0. The van der Waals surface area contributed by atoms with Crippen LogP contribution in [0.4, 0.5) is 8.78 Å². The zero-order valence-electron chi connectivity index (χ0n) is 11.7. The maximum absolute atomic E-state index is 12.3. The van der Waals surface area contributed by atoms with Crippen molar-refractivity contribution in [3.8, 4) is 5.75 Å². The lowest BCUT2D eigenvalue weighted by Crippen LogP contribution is -2.35. The van der Waals surface area contributed by atoms with Crippen molar-refractivity contribution in [2.75, 3.05) is 6.61 Å². The van der Waals surface area contributed by atoms with E-state index < -0.39 is 13.0 Å². The number of alkyl halides is 2. The van der Waals surface area contributed by atoms with E-state index in [2.05, 4.69) is 42.0 Å². The van der Waals surface area contributed by atoms with E-state index in [-0.39, 0.29) is 5.54 Å². The Hall–Kier alpha value is -0.680. The van der Waals surface area contributed by atoms with Gasteiger partial charge < -0.3 is 10.1 Å². The molecular weight excluding hydrogens is 316 g/mol. The van der Waals surface area contributed by atoms with Gasteiger partial charge >= 0.3 is 0 Å². The lowest BCUT2D eigenvalue weighted by atomic mass is 10.1. The van der Waals surface area contributed by atoms with Gasteiger partial charge in [-0.05, 0) is 45.4 Å². The molecule has 0 aromatic heterocycles. The molecule has 0 aliphatic rings. The van der Waals surface area contributed by atoms with Gasteiger partial charge in [-0.2, -0.15) is 0 Å². The smallest absolute Gasteiger partial charge is 0.272 e. The molecule has 108 valence electrons. The highest BCUT2D eigenvalue weighted by Gasteiger charge is 2.15. The van der Waals surface area contributed by atoms with Crippen LogP contribution in [0.5, 0.6) is 5.75 Å². The van der Waals surface area contributed by atoms with E-state index in [0.717, 1.165) is 15.6 Å². The first kappa shape index (κ1) is 16.4. The van der Waals surface area contributed by atoms with Crippen LogP contribution in [0, 0.1) is 6.92 Å². The number of rotatable bonds is 5. The Morgan fingerprint density at radius 1 is 1.32 bits per heavy atom. The van der Waals surface area contributed by atoms with E-state index in [0.29, 0.717) is 12.3 Å². The van der Waals surface area contributed by atoms with E-state index in [1.54, 1.807) is 0 Å². The summed E-state index contributed by atoms with van der Waals surface area (Å²) in [7, 11) is 0. The zero-order valence-corrected chi connectivity index (χ0v) is 13.3. The molecule has 1 rings (SSSR count). The average molecular weight is 336 g/mol. The minimum absolute atomic E-state index is 0.0454. The van der Waals surface area contributed by atoms with Gasteiger partial charge in [-0.25, -0.2) is 8.78 Å². The highest BCUT2D eigenvalue weighted by molar-refractivity contribution is 9.10. The molecule has 0 saturated carbocycles. The summed E-state index contributed by atoms with van der Waals surface area (Å²) >= 11 is 3.42. The summed E-state index contributed by atoms with van der Waals surface area (Å²) in [4.78, 5) is 0. The molecule has 0 atom stereocenters. The largest absolute Gasteiger partial charge is 0.487 e. The maximum atomic E-state index is 12.3. The van der Waals surface area contributed by atoms with Gasteiger partial charge in [0, 0.05) is 22.1 Å². The zero-order chi connectivity index (χ0) is 14.6. The Morgan fingerprint density at radius 2 is 1.95 bits per heavy atom. The van der Waals surface area contributed by atoms with E-state index >= 15 is 0 Å². The molecule has 19 heavy (non-hydrogen) atoms. The van der Waals surface area contributed by atoms with Gasteiger partial charge in [0.05, 0.1) is 0 Å². The number of hydrogen-bond donors (Lipinski definition) is 1. The van der Waals surface area contributed by atoms with Crippen molar-refractivity contribution in [3.63, 3.8) is 0 Å². The number of halogens is 3. The molecule has 0 heterocycles. The van der Waals surface area contributed by atoms with E-state index in [1.807, 2.05) is 19.1 Å². The van der Waals surface area contributed by atoms with Crippen LogP contribution in [0.1, 0.15) is 31.9 Å². The van der Waals surface area contributed by atoms with Crippen LogP contribution in [0.2, 0.25) is 0 Å². The summed E-state index contributed by atoms with van der Waals surface area (Å²) in [5, 5.41) is 3.33. The van der Waals surface area contributed by atoms with E-state index in [4.69, 9.17) is 4.74 Å². The molecule has 0 aliphatic carbocycles. The third kappa shape index (κ3) is 5.87. The van der Waals surface area contributed by atoms with Gasteiger partial charge in [0.1, 0.15) is 12.4 Å². The second-order valence-electron chi connectivity index (χ2n) is 5.52. The Balaban J connectivity index is 2.92. The third-order valence-corrected chi connectivity index (χ3v) is 2.94. The summed E-state index contributed by atoms with van der Waals surface area (Å²) in [5.74, 6) is 0.542. The third-order valence-electron chi connectivity index (χ3n) is 2.48. The van der Waals surface area contributed by atoms with Gasteiger partial charge in [0.25, 0.3) is 6.43 Å². The van der Waals surface area contributed by atoms with Crippen molar-refractivity contribution >= 4 is 15.9 Å². The monoisotopic (exact) mass is 335 g/mol. The Labute approximate surface area is 121 Å². The lowest BCUT2D eigenvalue weighted by molar-refractivity contribution is 0.0809. The highest BCUT2D eigenvalue weighted by Crippen LogP contribution is 2.28. The molecule has 0 unspecified atom stereocenters. The summed E-state index contributed by atoms with van der Waals surface area (Å²) < 4.78 is 30.7. The number of aryl methyl sites for hydroxylation is 1. The standard InChI is InChI=1S/C14H20BrF2NO/c1-9-5-11(15)6-10(7-18-14(2,3)4)13(9)19-8-12(16)17/h5-6,12,18H,7-8H2,1-4H3. The predicted molar refractivity (Wildman–Crippen MR) is 77.0 cm³/mol. The molecule has 0 aliphatic heterocycles. The van der Waals surface area contributed by atoms with E-state index in [1.165, 1.54) is 0 Å². The van der Waals surface area contributed by atoms with Crippen molar-refractivity contribution in [3.05, 3.63) is 27.7 Å². The predicted octanol–water partition coefficient (Wildman–Crippen LogP) is 4.29. The second kappa shape index (κ2) is 6.66. The molecule has 0 bridgehead atoms. The molecule has 1 aromatic rings. The van der Waals surface area contributed by atoms with Gasteiger partial charge in [-0.3, -0.25) is 0 Å². The van der Waals surface area contributed by atoms with Crippen LogP contribution in [0.15, 0.2) is 16.6 Å². The Morgan fingerprint density at radius 3 is 2.47 bits per heavy atom. The average Bonchev–Trinajstić information content (AvgIpc) is 2.23. The molecule has 5 heteroatoms. The molecule has 1 N–H and O–H groups in total. The first-order chi connectivity index (χ1) is 8.69. The number of ether oxygens (including phenoxy) is 1. The van der Waals surface area contributed by atoms with Crippen LogP contribution in [-0.2, 0) is 6.54 Å². The van der Waals surface area contributed by atoms with Crippen LogP contribution < -0.4 is 10.1 Å². The van der Waals surface area contributed by atoms with Crippen LogP contribution in [-0.4, -0.2) is 18.6 Å². The van der Waals surface area contributed by atoms with Gasteiger partial charge in [0.15, 0.2) is 0 Å². The van der Waals surface area contributed by atoms with Gasteiger partial charge in [0.2, 0.25) is 0 Å². The van der Waals surface area contributed by atoms with Crippen molar-refractivity contribution in [1.82, 2.24) is 5.32 Å². The summed E-state index contributed by atoms with van der Waals surface area (Å²) in [6, 6.07) is 3.76. The van der Waals surface area contributed by atoms with Crippen LogP contribution in [0.25, 0.3) is 0 Å². The highest BCUT2D eigenvalue weighted by atomic mass is 79.9. The number of nitrogens with one attached hydrogen (secondary N) is 1. The minimum atomic E-state index is -2.47. The summed E-state index contributed by atoms with van der Waals surface area (Å²) in [5.41, 5.74) is 1.68. The molecule has 0 amide bonds. The van der Waals surface area contributed by atoms with Crippen molar-refractivity contribution in [2.45, 2.75) is 46.2 Å². The number of hydrogen-bond acceptors (Lipinski definition) is 2. The van der Waals surface area contributed by atoms with Gasteiger partial charge in [-0.1, -0.05) is 15.9 Å². The van der Waals surface area contributed by atoms with Crippen molar-refractivity contribution < 1.29 is 13.5 Å². The summed E-state index contributed by atoms with van der Waals surface area (Å²) in [6.07, 6.45) is -2.47. The molecular formula is C14H20BrF2NO. The first-order valence-electron chi connectivity index (χ1n) is 6.14. The molecule has 0 spiro atoms. The van der Waals surface area contributed by atoms with Crippen LogP contribution in [0.3, 0.4) is 0 Å². The first-order valence-corrected chi connectivity index (χ1v) is 6.93. The van der Waals surface area contributed by atoms with Crippen molar-refractivity contribution in [1.29, 1.82) is 0 Å². The lowest BCUT2D eigenvalue weighted by Gasteiger charge is -2.22. The quantitative estimate of drug-likeness (QED) is 0.866. The molecule has 0 fully saturated rings. The SMILES string of the molecule is Cc1cc(Br)cc(CNC(C)(C)C)c1OCC(F)F. The molecule has 2 nitrogen and oxygen atoms in total. The minimum Gasteiger partial charge on any atom is -0.487 e. The fourth-order valence-corrected chi connectivity index (χ4v) is 2.26. The maximum Gasteiger partial charge on any atom is 0.272 e. The number of benzene rings is 1. The fraction of sp³-hybridized carbons (Fsp3) is 0.571. The molecule has 1 aromatic carbocycles. The van der Waals surface area contributed by atoms with E-state index in [9.17, 15) is 8.78 Å². The Kier molecular flexibility index (Phi) is 5.74.